The normalized spacial score (nSPS) is 19.3. The van der Waals surface area contributed by atoms with E-state index in [1.54, 1.807) is 47.6 Å². The van der Waals surface area contributed by atoms with Crippen LogP contribution in [0.3, 0.4) is 0 Å². The summed E-state index contributed by atoms with van der Waals surface area (Å²) in [6.07, 6.45) is 3.99. The molecule has 3 heterocycles. The number of nitrogens with zero attached hydrogens (tertiary/aromatic N) is 3. The number of ether oxygens (including phenoxy) is 4. The summed E-state index contributed by atoms with van der Waals surface area (Å²) in [5.41, 5.74) is 4.36. The largest absolute Gasteiger partial charge is 0.497 e. The number of rotatable bonds is 17. The Kier molecular flexibility index (Phi) is 15.1. The topological polar surface area (TPSA) is 127 Å². The summed E-state index contributed by atoms with van der Waals surface area (Å²) in [7, 11) is -2.40. The van der Waals surface area contributed by atoms with E-state index in [1.807, 2.05) is 48.5 Å². The Morgan fingerprint density at radius 3 is 2.31 bits per heavy atom. The molecule has 3 aliphatic rings. The molecule has 2 atom stereocenters. The zero-order valence-corrected chi connectivity index (χ0v) is 43.1. The Morgan fingerprint density at radius 1 is 0.985 bits per heavy atom. The number of carbonyl (C=O) groups is 2. The van der Waals surface area contributed by atoms with E-state index in [9.17, 15) is 18.0 Å². The number of nitrogens with one attached hydrogen (secondary N) is 1. The first-order chi connectivity index (χ1) is 31.6. The third-order valence-electron chi connectivity index (χ3n) is 12.9. The van der Waals surface area contributed by atoms with Gasteiger partial charge in [0, 0.05) is 48.0 Å². The molecule has 2 saturated heterocycles. The van der Waals surface area contributed by atoms with Gasteiger partial charge in [0.05, 0.1) is 47.2 Å². The quantitative estimate of drug-likeness (QED) is 0.0807. The maximum Gasteiger partial charge on any atom is 0.412 e. The van der Waals surface area contributed by atoms with Crippen LogP contribution >= 0.6 is 11.3 Å². The molecule has 4 aromatic rings. The number of esters is 1. The first-order valence-electron chi connectivity index (χ1n) is 23.9. The minimum absolute atomic E-state index is 0.0261. The number of methoxy groups -OCH3 is 1. The van der Waals surface area contributed by atoms with E-state index in [4.69, 9.17) is 18.9 Å². The lowest BCUT2D eigenvalue weighted by molar-refractivity contribution is -0.0807. The van der Waals surface area contributed by atoms with Crippen molar-refractivity contribution in [1.29, 1.82) is 0 Å². The molecule has 2 fully saturated rings. The highest BCUT2D eigenvalue weighted by atomic mass is 32.2. The Morgan fingerprint density at radius 2 is 1.67 bits per heavy atom. The lowest BCUT2D eigenvalue weighted by atomic mass is 9.76. The first kappa shape index (κ1) is 50.3. The summed E-state index contributed by atoms with van der Waals surface area (Å²) < 4.78 is 53.8. The fourth-order valence-electron chi connectivity index (χ4n) is 9.52. The van der Waals surface area contributed by atoms with Crippen LogP contribution in [0.25, 0.3) is 10.4 Å². The van der Waals surface area contributed by atoms with Gasteiger partial charge in [-0.3, -0.25) is 4.90 Å². The van der Waals surface area contributed by atoms with Crippen molar-refractivity contribution in [3.05, 3.63) is 94.4 Å². The van der Waals surface area contributed by atoms with Crippen molar-refractivity contribution in [3.63, 3.8) is 0 Å². The van der Waals surface area contributed by atoms with E-state index in [2.05, 4.69) is 79.5 Å². The molecule has 7 rings (SSSR count). The van der Waals surface area contributed by atoms with Crippen molar-refractivity contribution in [3.8, 4) is 16.2 Å². The molecule has 1 N–H and O–H groups in total. The summed E-state index contributed by atoms with van der Waals surface area (Å²) in [6, 6.07) is 22.7. The van der Waals surface area contributed by atoms with Crippen LogP contribution in [0, 0.1) is 11.3 Å². The van der Waals surface area contributed by atoms with Gasteiger partial charge in [0.25, 0.3) is 0 Å². The molecule has 14 heteroatoms. The van der Waals surface area contributed by atoms with Gasteiger partial charge < -0.3 is 29.2 Å². The number of sulfonamides is 1. The van der Waals surface area contributed by atoms with E-state index in [-0.39, 0.29) is 41.3 Å². The fourth-order valence-corrected chi connectivity index (χ4v) is 12.5. The van der Waals surface area contributed by atoms with E-state index >= 15 is 0 Å². The summed E-state index contributed by atoms with van der Waals surface area (Å²) >= 11 is 1.76. The Bertz CT molecular complexity index is 2470. The van der Waals surface area contributed by atoms with Crippen LogP contribution in [0.5, 0.6) is 5.75 Å². The predicted octanol–water partition coefficient (Wildman–Crippen LogP) is 10.8. The number of thiophene rings is 1. The molecule has 0 bridgehead atoms. The average Bonchev–Trinajstić information content (AvgIpc) is 3.73. The molecule has 0 saturated carbocycles. The van der Waals surface area contributed by atoms with Crippen LogP contribution in [-0.2, 0) is 43.5 Å². The minimum Gasteiger partial charge on any atom is -0.497 e. The molecular weight excluding hydrogens is 885 g/mol. The molecule has 1 amide bonds. The lowest BCUT2D eigenvalue weighted by Crippen LogP contribution is -2.55. The SMILES string of the molecule is CCCCOC(=O)c1c(-c2ccccc2N2CC(Nc3ccc(C[C@H]4[C@@H](CN(CC(C)C)S(=O)(=O)c5ccc(OC)cc5)OC(C)(C)N4C(=O)OC(C)(C)C)cc3)C2)sc2c1CC(C)(C)CC2. The van der Waals surface area contributed by atoms with Gasteiger partial charge in [0.1, 0.15) is 17.1 Å². The third kappa shape index (κ3) is 11.6. The molecule has 2 aliphatic heterocycles. The maximum absolute atomic E-state index is 14.3. The second-order valence-corrected chi connectivity index (χ2v) is 24.2. The zero-order chi connectivity index (χ0) is 48.5. The van der Waals surface area contributed by atoms with Crippen molar-refractivity contribution >= 4 is 44.8 Å². The number of amides is 1. The average molecular weight is 957 g/mol. The van der Waals surface area contributed by atoms with E-state index in [0.29, 0.717) is 18.8 Å². The lowest BCUT2D eigenvalue weighted by Gasteiger charge is -2.42. The maximum atomic E-state index is 14.3. The standard InChI is InChI=1S/C53H72N4O8S2/c1-12-13-28-63-49(58)47-42-30-52(7,8)27-26-46(42)66-48(47)41-16-14-15-17-43(41)55-32-38(33-55)54-37-20-18-36(19-21-37)29-44-45(64-53(9,10)57(44)50(59)65-51(4,5)6)34-56(31-35(2)3)67(60,61)40-24-22-39(62-11)23-25-40/h14-25,35,38,44-45,54H,12-13,26-34H2,1-11H3/t44-,45+/m0/s1. The highest BCUT2D eigenvalue weighted by Gasteiger charge is 2.52. The van der Waals surface area contributed by atoms with Crippen LogP contribution in [0.1, 0.15) is 115 Å². The van der Waals surface area contributed by atoms with Gasteiger partial charge in [-0.25, -0.2) is 18.0 Å². The van der Waals surface area contributed by atoms with Crippen molar-refractivity contribution in [2.75, 3.05) is 50.1 Å². The Balaban J connectivity index is 1.08. The summed E-state index contributed by atoms with van der Waals surface area (Å²) in [5.74, 6) is 0.385. The Hall–Kier alpha value is -4.63. The number of hydrogen-bond donors (Lipinski definition) is 1. The van der Waals surface area contributed by atoms with Crippen LogP contribution < -0.4 is 15.0 Å². The minimum atomic E-state index is -3.94. The van der Waals surface area contributed by atoms with E-state index in [1.165, 1.54) is 14.7 Å². The van der Waals surface area contributed by atoms with Crippen molar-refractivity contribution in [2.24, 2.45) is 11.3 Å². The monoisotopic (exact) mass is 956 g/mol. The molecule has 67 heavy (non-hydrogen) atoms. The number of aryl methyl sites for hydroxylation is 1. The molecule has 1 aliphatic carbocycles. The van der Waals surface area contributed by atoms with E-state index in [0.717, 1.165) is 78.1 Å². The smallest absolute Gasteiger partial charge is 0.412 e. The van der Waals surface area contributed by atoms with Crippen molar-refractivity contribution < 1.29 is 37.0 Å². The number of benzene rings is 3. The second kappa shape index (κ2) is 20.1. The highest BCUT2D eigenvalue weighted by molar-refractivity contribution is 7.89. The van der Waals surface area contributed by atoms with Gasteiger partial charge in [-0.15, -0.1) is 11.3 Å². The van der Waals surface area contributed by atoms with Gasteiger partial charge in [0.15, 0.2) is 0 Å². The number of unbranched alkanes of at least 4 members (excludes halogenated alkanes) is 1. The number of anilines is 2. The molecule has 3 aromatic carbocycles. The molecule has 0 spiro atoms. The van der Waals surface area contributed by atoms with Crippen molar-refractivity contribution in [1.82, 2.24) is 9.21 Å². The Labute approximate surface area is 403 Å². The first-order valence-corrected chi connectivity index (χ1v) is 26.2. The summed E-state index contributed by atoms with van der Waals surface area (Å²) in [5, 5.41) is 3.72. The van der Waals surface area contributed by atoms with Crippen LogP contribution in [0.15, 0.2) is 77.7 Å². The van der Waals surface area contributed by atoms with Gasteiger partial charge in [-0.2, -0.15) is 4.31 Å². The van der Waals surface area contributed by atoms with Gasteiger partial charge in [0.2, 0.25) is 10.0 Å². The molecule has 12 nitrogen and oxygen atoms in total. The fraction of sp³-hybridized carbons (Fsp3) is 0.547. The van der Waals surface area contributed by atoms with Gasteiger partial charge in [-0.1, -0.05) is 71.4 Å². The number of para-hydroxylation sites is 1. The molecular formula is C53H72N4O8S2. The third-order valence-corrected chi connectivity index (χ3v) is 16.0. The predicted molar refractivity (Wildman–Crippen MR) is 268 cm³/mol. The van der Waals surface area contributed by atoms with Gasteiger partial charge in [-0.05, 0) is 132 Å². The zero-order valence-electron chi connectivity index (χ0n) is 41.4. The summed E-state index contributed by atoms with van der Waals surface area (Å²) in [4.78, 5) is 34.3. The second-order valence-electron chi connectivity index (χ2n) is 21.1. The van der Waals surface area contributed by atoms with E-state index < -0.39 is 39.6 Å². The number of carbonyl (C=O) groups excluding carboxylic acids is 2. The highest BCUT2D eigenvalue weighted by Crippen LogP contribution is 2.48. The van der Waals surface area contributed by atoms with Crippen LogP contribution in [0.4, 0.5) is 16.2 Å². The van der Waals surface area contributed by atoms with Crippen LogP contribution in [-0.4, -0.2) is 99.1 Å². The number of fused-ring (bicyclic) bond motifs is 1. The molecule has 0 radical (unpaired) electrons. The van der Waals surface area contributed by atoms with Crippen molar-refractivity contribution in [2.45, 2.75) is 142 Å². The van der Waals surface area contributed by atoms with Gasteiger partial charge >= 0.3 is 12.1 Å². The number of hydrogen-bond acceptors (Lipinski definition) is 11. The summed E-state index contributed by atoms with van der Waals surface area (Å²) in [6.45, 7) is 22.1. The molecule has 0 unspecified atom stereocenters. The van der Waals surface area contributed by atoms with Crippen LogP contribution in [0.2, 0.25) is 0 Å². The molecule has 1 aromatic heterocycles. The molecule has 364 valence electrons.